The highest BCUT2D eigenvalue weighted by Crippen LogP contribution is 2.19. The van der Waals surface area contributed by atoms with Gasteiger partial charge in [-0.3, -0.25) is 0 Å². The summed E-state index contributed by atoms with van der Waals surface area (Å²) in [5, 5.41) is 8.80. The predicted octanol–water partition coefficient (Wildman–Crippen LogP) is 5.32. The van der Waals surface area contributed by atoms with Crippen LogP contribution in [0.4, 0.5) is 4.39 Å². The lowest BCUT2D eigenvalue weighted by molar-refractivity contribution is 0.541. The fourth-order valence-electron chi connectivity index (χ4n) is 2.99. The number of nitrogens with zero attached hydrogens (tertiary/aromatic N) is 1. The van der Waals surface area contributed by atoms with Gasteiger partial charge in [-0.2, -0.15) is 5.26 Å². The second-order valence-electron chi connectivity index (χ2n) is 6.85. The molecular formula is C21H24FN. The van der Waals surface area contributed by atoms with E-state index in [0.29, 0.717) is 29.4 Å². The standard InChI is InChI=1S/C21H24FN/c1-15(2)9-17-5-4-6-18(12-17)10-16(3)11-20-8-7-19(14-23)13-21(20)22/h4-8,12-13,15-16H,9-11H2,1-3H3. The monoisotopic (exact) mass is 309 g/mol. The first-order valence-electron chi connectivity index (χ1n) is 8.24. The van der Waals surface area contributed by atoms with E-state index in [1.165, 1.54) is 17.2 Å². The maximum Gasteiger partial charge on any atom is 0.127 e. The SMILES string of the molecule is CC(C)Cc1cccc(CC(C)Cc2ccc(C#N)cc2F)c1. The topological polar surface area (TPSA) is 23.8 Å². The van der Waals surface area contributed by atoms with Crippen molar-refractivity contribution in [1.82, 2.24) is 0 Å². The molecule has 0 aliphatic carbocycles. The van der Waals surface area contributed by atoms with Crippen LogP contribution in [0, 0.1) is 29.0 Å². The number of nitriles is 1. The highest BCUT2D eigenvalue weighted by Gasteiger charge is 2.10. The van der Waals surface area contributed by atoms with Crippen molar-refractivity contribution < 1.29 is 4.39 Å². The van der Waals surface area contributed by atoms with Crippen LogP contribution in [0.5, 0.6) is 0 Å². The minimum atomic E-state index is -0.274. The van der Waals surface area contributed by atoms with Gasteiger partial charge in [0, 0.05) is 0 Å². The Morgan fingerprint density at radius 1 is 0.957 bits per heavy atom. The zero-order chi connectivity index (χ0) is 16.8. The minimum absolute atomic E-state index is 0.274. The van der Waals surface area contributed by atoms with E-state index < -0.39 is 0 Å². The van der Waals surface area contributed by atoms with Crippen molar-refractivity contribution in [2.24, 2.45) is 11.8 Å². The van der Waals surface area contributed by atoms with Crippen molar-refractivity contribution in [3.05, 3.63) is 70.5 Å². The Kier molecular flexibility index (Phi) is 5.93. The van der Waals surface area contributed by atoms with Crippen LogP contribution >= 0.6 is 0 Å². The largest absolute Gasteiger partial charge is 0.207 e. The fraction of sp³-hybridized carbons (Fsp3) is 0.381. The van der Waals surface area contributed by atoms with Gasteiger partial charge in [0.25, 0.3) is 0 Å². The molecule has 0 N–H and O–H groups in total. The molecule has 0 aliphatic rings. The molecule has 0 radical (unpaired) electrons. The van der Waals surface area contributed by atoms with Gasteiger partial charge in [-0.15, -0.1) is 0 Å². The molecule has 0 bridgehead atoms. The van der Waals surface area contributed by atoms with Crippen LogP contribution in [0.3, 0.4) is 0 Å². The summed E-state index contributed by atoms with van der Waals surface area (Å²) < 4.78 is 14.0. The van der Waals surface area contributed by atoms with Crippen molar-refractivity contribution in [2.75, 3.05) is 0 Å². The fourth-order valence-corrected chi connectivity index (χ4v) is 2.99. The molecule has 1 nitrogen and oxygen atoms in total. The molecule has 2 aromatic carbocycles. The molecule has 0 saturated carbocycles. The number of hydrogen-bond acceptors (Lipinski definition) is 1. The molecule has 0 aromatic heterocycles. The second kappa shape index (κ2) is 7.92. The lowest BCUT2D eigenvalue weighted by Crippen LogP contribution is -2.06. The second-order valence-corrected chi connectivity index (χ2v) is 6.85. The Balaban J connectivity index is 2.02. The summed E-state index contributed by atoms with van der Waals surface area (Å²) in [6, 6.07) is 15.4. The van der Waals surface area contributed by atoms with E-state index in [4.69, 9.17) is 5.26 Å². The lowest BCUT2D eigenvalue weighted by Gasteiger charge is -2.14. The summed E-state index contributed by atoms with van der Waals surface area (Å²) in [4.78, 5) is 0. The van der Waals surface area contributed by atoms with Gasteiger partial charge in [0.05, 0.1) is 11.6 Å². The molecule has 120 valence electrons. The molecule has 1 atom stereocenters. The van der Waals surface area contributed by atoms with Gasteiger partial charge in [0.2, 0.25) is 0 Å². The highest BCUT2D eigenvalue weighted by molar-refractivity contribution is 5.33. The molecular weight excluding hydrogens is 285 g/mol. The molecule has 1 unspecified atom stereocenters. The van der Waals surface area contributed by atoms with Gasteiger partial charge in [-0.05, 0) is 59.9 Å². The summed E-state index contributed by atoms with van der Waals surface area (Å²) in [6.45, 7) is 6.60. The number of rotatable bonds is 6. The third-order valence-corrected chi connectivity index (χ3v) is 3.97. The molecule has 0 spiro atoms. The van der Waals surface area contributed by atoms with Crippen molar-refractivity contribution in [2.45, 2.75) is 40.0 Å². The summed E-state index contributed by atoms with van der Waals surface area (Å²) in [5.74, 6) is 0.728. The number of halogens is 1. The third kappa shape index (κ3) is 5.21. The van der Waals surface area contributed by atoms with Crippen LogP contribution in [-0.4, -0.2) is 0 Å². The Hall–Kier alpha value is -2.14. The first kappa shape index (κ1) is 17.2. The van der Waals surface area contributed by atoms with Gasteiger partial charge in [0.15, 0.2) is 0 Å². The number of benzene rings is 2. The minimum Gasteiger partial charge on any atom is -0.207 e. The average Bonchev–Trinajstić information content (AvgIpc) is 2.49. The Labute approximate surface area is 138 Å². The number of hydrogen-bond donors (Lipinski definition) is 0. The molecule has 0 amide bonds. The first-order valence-corrected chi connectivity index (χ1v) is 8.24. The molecule has 2 rings (SSSR count). The smallest absolute Gasteiger partial charge is 0.127 e. The highest BCUT2D eigenvalue weighted by atomic mass is 19.1. The molecule has 2 aromatic rings. The molecule has 0 saturated heterocycles. The van der Waals surface area contributed by atoms with Crippen LogP contribution in [0.2, 0.25) is 0 Å². The Morgan fingerprint density at radius 2 is 1.65 bits per heavy atom. The molecule has 0 aliphatic heterocycles. The van der Waals surface area contributed by atoms with E-state index in [-0.39, 0.29) is 5.82 Å². The van der Waals surface area contributed by atoms with Crippen LogP contribution in [0.15, 0.2) is 42.5 Å². The third-order valence-electron chi connectivity index (χ3n) is 3.97. The maximum absolute atomic E-state index is 14.0. The van der Waals surface area contributed by atoms with Crippen LogP contribution in [0.1, 0.15) is 43.0 Å². The van der Waals surface area contributed by atoms with Crippen molar-refractivity contribution >= 4 is 0 Å². The average molecular weight is 309 g/mol. The van der Waals surface area contributed by atoms with Crippen LogP contribution < -0.4 is 0 Å². The van der Waals surface area contributed by atoms with Crippen LogP contribution in [-0.2, 0) is 19.3 Å². The Morgan fingerprint density at radius 3 is 2.26 bits per heavy atom. The van der Waals surface area contributed by atoms with Crippen molar-refractivity contribution in [1.29, 1.82) is 5.26 Å². The first-order chi connectivity index (χ1) is 11.0. The van der Waals surface area contributed by atoms with Gasteiger partial charge in [-0.1, -0.05) is 51.1 Å². The van der Waals surface area contributed by atoms with E-state index >= 15 is 0 Å². The predicted molar refractivity (Wildman–Crippen MR) is 92.7 cm³/mol. The van der Waals surface area contributed by atoms with Crippen LogP contribution in [0.25, 0.3) is 0 Å². The van der Waals surface area contributed by atoms with E-state index in [1.54, 1.807) is 12.1 Å². The lowest BCUT2D eigenvalue weighted by atomic mass is 9.92. The quantitative estimate of drug-likeness (QED) is 0.708. The van der Waals surface area contributed by atoms with Gasteiger partial charge >= 0.3 is 0 Å². The van der Waals surface area contributed by atoms with E-state index in [0.717, 1.165) is 12.8 Å². The Bertz CT molecular complexity index is 697. The summed E-state index contributed by atoms with van der Waals surface area (Å²) >= 11 is 0. The van der Waals surface area contributed by atoms with E-state index in [9.17, 15) is 4.39 Å². The molecule has 0 fully saturated rings. The normalized spacial score (nSPS) is 12.2. The summed E-state index contributed by atoms with van der Waals surface area (Å²) in [7, 11) is 0. The summed E-state index contributed by atoms with van der Waals surface area (Å²) in [6.07, 6.45) is 2.71. The van der Waals surface area contributed by atoms with Gasteiger partial charge < -0.3 is 0 Å². The van der Waals surface area contributed by atoms with Gasteiger partial charge in [0.1, 0.15) is 5.82 Å². The van der Waals surface area contributed by atoms with Gasteiger partial charge in [-0.25, -0.2) is 4.39 Å². The zero-order valence-corrected chi connectivity index (χ0v) is 14.1. The molecule has 23 heavy (non-hydrogen) atoms. The summed E-state index contributed by atoms with van der Waals surface area (Å²) in [5.41, 5.74) is 3.74. The van der Waals surface area contributed by atoms with E-state index in [1.807, 2.05) is 6.07 Å². The zero-order valence-electron chi connectivity index (χ0n) is 14.1. The van der Waals surface area contributed by atoms with E-state index in [2.05, 4.69) is 45.0 Å². The molecule has 0 heterocycles. The maximum atomic E-state index is 14.0. The van der Waals surface area contributed by atoms with Crippen molar-refractivity contribution in [3.63, 3.8) is 0 Å². The molecule has 2 heteroatoms. The van der Waals surface area contributed by atoms with Crippen molar-refractivity contribution in [3.8, 4) is 6.07 Å².